The lowest BCUT2D eigenvalue weighted by molar-refractivity contribution is -0.153. The number of carbonyl (C=O) groups is 2. The predicted molar refractivity (Wildman–Crippen MR) is 75.3 cm³/mol. The molecule has 1 saturated heterocycles. The van der Waals surface area contributed by atoms with Crippen molar-refractivity contribution in [3.8, 4) is 0 Å². The maximum Gasteiger partial charge on any atom is 0.307 e. The average Bonchev–Trinajstić information content (AvgIpc) is 3.08. The number of rotatable bonds is 4. The first-order chi connectivity index (χ1) is 10.2. The molecular formula is C15H21N3O3. The van der Waals surface area contributed by atoms with Gasteiger partial charge < -0.3 is 15.0 Å². The number of nitrogens with one attached hydrogen (secondary N) is 2. The zero-order chi connectivity index (χ0) is 14.7. The lowest BCUT2D eigenvalue weighted by Crippen LogP contribution is -2.46. The number of esters is 1. The summed E-state index contributed by atoms with van der Waals surface area (Å²) in [5, 5.41) is 2.94. The molecule has 1 aromatic rings. The minimum absolute atomic E-state index is 0.0535. The number of imidazole rings is 1. The second kappa shape index (κ2) is 5.87. The van der Waals surface area contributed by atoms with Gasteiger partial charge in [-0.3, -0.25) is 9.59 Å². The lowest BCUT2D eigenvalue weighted by Gasteiger charge is -2.36. The average molecular weight is 291 g/mol. The summed E-state index contributed by atoms with van der Waals surface area (Å²) in [4.78, 5) is 31.0. The summed E-state index contributed by atoms with van der Waals surface area (Å²) in [7, 11) is 0. The molecule has 1 unspecified atom stereocenters. The van der Waals surface area contributed by atoms with Crippen LogP contribution in [0, 0.1) is 5.92 Å². The van der Waals surface area contributed by atoms with E-state index in [1.54, 1.807) is 12.5 Å². The first-order valence-electron chi connectivity index (χ1n) is 7.66. The summed E-state index contributed by atoms with van der Waals surface area (Å²) < 4.78 is 5.56. The number of nitrogens with zero attached hydrogens (tertiary/aromatic N) is 1. The molecule has 21 heavy (non-hydrogen) atoms. The van der Waals surface area contributed by atoms with Gasteiger partial charge in [-0.2, -0.15) is 0 Å². The van der Waals surface area contributed by atoms with Crippen LogP contribution in [0.3, 0.4) is 0 Å². The minimum atomic E-state index is -0.534. The van der Waals surface area contributed by atoms with Crippen molar-refractivity contribution in [3.63, 3.8) is 0 Å². The quantitative estimate of drug-likeness (QED) is 0.820. The summed E-state index contributed by atoms with van der Waals surface area (Å²) in [6.45, 7) is 0.543. The Morgan fingerprint density at radius 1 is 1.43 bits per heavy atom. The molecule has 1 aromatic heterocycles. The van der Waals surface area contributed by atoms with Crippen LogP contribution in [0.15, 0.2) is 12.5 Å². The van der Waals surface area contributed by atoms with Crippen LogP contribution < -0.4 is 5.32 Å². The van der Waals surface area contributed by atoms with Crippen LogP contribution in [0.4, 0.5) is 0 Å². The highest BCUT2D eigenvalue weighted by atomic mass is 16.6. The minimum Gasteiger partial charge on any atom is -0.458 e. The molecule has 1 aliphatic heterocycles. The fourth-order valence-corrected chi connectivity index (χ4v) is 3.49. The summed E-state index contributed by atoms with van der Waals surface area (Å²) in [6, 6.07) is 0. The van der Waals surface area contributed by atoms with Crippen molar-refractivity contribution in [1.29, 1.82) is 0 Å². The standard InChI is InChI=1S/C15H21N3O3/c19-13-8-12(15(21-13)5-2-1-3-6-15)14(20)17-7-4-11-9-16-10-18-11/h9-10,12H,1-8H2,(H,16,18)(H,17,20). The SMILES string of the molecule is O=C1CC(C(=O)NCCc2cnc[nH]2)C2(CCCCC2)O1. The highest BCUT2D eigenvalue weighted by molar-refractivity contribution is 5.87. The fourth-order valence-electron chi connectivity index (χ4n) is 3.49. The molecule has 2 N–H and O–H groups in total. The summed E-state index contributed by atoms with van der Waals surface area (Å²) in [5.41, 5.74) is 0.453. The van der Waals surface area contributed by atoms with Gasteiger partial charge in [0, 0.05) is 24.9 Å². The zero-order valence-corrected chi connectivity index (χ0v) is 12.1. The number of ether oxygens (including phenoxy) is 1. The van der Waals surface area contributed by atoms with E-state index >= 15 is 0 Å². The molecule has 1 aliphatic carbocycles. The van der Waals surface area contributed by atoms with Gasteiger partial charge in [0.05, 0.1) is 18.7 Å². The topological polar surface area (TPSA) is 84.1 Å². The van der Waals surface area contributed by atoms with Gasteiger partial charge in [-0.05, 0) is 25.7 Å². The third-order valence-corrected chi connectivity index (χ3v) is 4.59. The van der Waals surface area contributed by atoms with Crippen molar-refractivity contribution in [2.45, 2.75) is 50.5 Å². The molecule has 0 aromatic carbocycles. The smallest absolute Gasteiger partial charge is 0.307 e. The van der Waals surface area contributed by atoms with E-state index in [0.717, 1.165) is 37.8 Å². The number of amides is 1. The number of carbonyl (C=O) groups excluding carboxylic acids is 2. The number of hydrogen-bond acceptors (Lipinski definition) is 4. The van der Waals surface area contributed by atoms with Gasteiger partial charge in [0.2, 0.25) is 5.91 Å². The van der Waals surface area contributed by atoms with Crippen LogP contribution in [0.2, 0.25) is 0 Å². The molecule has 0 radical (unpaired) electrons. The third-order valence-electron chi connectivity index (χ3n) is 4.59. The van der Waals surface area contributed by atoms with Crippen LogP contribution in [0.5, 0.6) is 0 Å². The van der Waals surface area contributed by atoms with Crippen molar-refractivity contribution in [1.82, 2.24) is 15.3 Å². The van der Waals surface area contributed by atoms with Crippen molar-refractivity contribution in [2.75, 3.05) is 6.54 Å². The molecule has 114 valence electrons. The Morgan fingerprint density at radius 3 is 2.95 bits per heavy atom. The highest BCUT2D eigenvalue weighted by Gasteiger charge is 2.52. The maximum atomic E-state index is 12.4. The van der Waals surface area contributed by atoms with Crippen molar-refractivity contribution < 1.29 is 14.3 Å². The summed E-state index contributed by atoms with van der Waals surface area (Å²) in [6.07, 6.45) is 9.16. The van der Waals surface area contributed by atoms with Crippen LogP contribution >= 0.6 is 0 Å². The number of hydrogen-bond donors (Lipinski definition) is 2. The second-order valence-corrected chi connectivity index (χ2v) is 5.97. The molecule has 2 fully saturated rings. The first kappa shape index (κ1) is 14.1. The maximum absolute atomic E-state index is 12.4. The normalized spacial score (nSPS) is 24.0. The Labute approximate surface area is 123 Å². The van der Waals surface area contributed by atoms with E-state index in [1.807, 2.05) is 0 Å². The van der Waals surface area contributed by atoms with Gasteiger partial charge in [0.1, 0.15) is 5.60 Å². The van der Waals surface area contributed by atoms with Crippen LogP contribution in [0.25, 0.3) is 0 Å². The molecule has 6 nitrogen and oxygen atoms in total. The van der Waals surface area contributed by atoms with Crippen molar-refractivity contribution in [2.24, 2.45) is 5.92 Å². The zero-order valence-electron chi connectivity index (χ0n) is 12.1. The van der Waals surface area contributed by atoms with Gasteiger partial charge in [-0.25, -0.2) is 4.98 Å². The predicted octanol–water partition coefficient (Wildman–Crippen LogP) is 1.33. The third kappa shape index (κ3) is 2.94. The van der Waals surface area contributed by atoms with E-state index in [-0.39, 0.29) is 24.2 Å². The van der Waals surface area contributed by atoms with E-state index in [1.165, 1.54) is 0 Å². The molecule has 0 bridgehead atoms. The van der Waals surface area contributed by atoms with E-state index < -0.39 is 5.60 Å². The van der Waals surface area contributed by atoms with Crippen LogP contribution in [-0.2, 0) is 20.7 Å². The van der Waals surface area contributed by atoms with E-state index in [4.69, 9.17) is 4.74 Å². The molecular weight excluding hydrogens is 270 g/mol. The van der Waals surface area contributed by atoms with Gasteiger partial charge in [0.25, 0.3) is 0 Å². The number of aromatic amines is 1. The number of H-pyrrole nitrogens is 1. The largest absolute Gasteiger partial charge is 0.458 e. The molecule has 1 amide bonds. The summed E-state index contributed by atoms with van der Waals surface area (Å²) >= 11 is 0. The Hall–Kier alpha value is -1.85. The van der Waals surface area contributed by atoms with Crippen LogP contribution in [0.1, 0.15) is 44.2 Å². The van der Waals surface area contributed by atoms with Crippen molar-refractivity contribution >= 4 is 11.9 Å². The van der Waals surface area contributed by atoms with E-state index in [0.29, 0.717) is 13.0 Å². The molecule has 1 atom stereocenters. The molecule has 6 heteroatoms. The van der Waals surface area contributed by atoms with Crippen LogP contribution in [-0.4, -0.2) is 34.0 Å². The molecule has 1 saturated carbocycles. The lowest BCUT2D eigenvalue weighted by atomic mass is 9.75. The van der Waals surface area contributed by atoms with Gasteiger partial charge in [-0.15, -0.1) is 0 Å². The Balaban J connectivity index is 1.58. The van der Waals surface area contributed by atoms with Gasteiger partial charge >= 0.3 is 5.97 Å². The van der Waals surface area contributed by atoms with E-state index in [2.05, 4.69) is 15.3 Å². The summed E-state index contributed by atoms with van der Waals surface area (Å²) in [5.74, 6) is -0.611. The van der Waals surface area contributed by atoms with Gasteiger partial charge in [-0.1, -0.05) is 6.42 Å². The highest BCUT2D eigenvalue weighted by Crippen LogP contribution is 2.44. The molecule has 3 rings (SSSR count). The number of aromatic nitrogens is 2. The molecule has 2 aliphatic rings. The first-order valence-corrected chi connectivity index (χ1v) is 7.66. The molecule has 2 heterocycles. The monoisotopic (exact) mass is 291 g/mol. The Bertz CT molecular complexity index is 506. The second-order valence-electron chi connectivity index (χ2n) is 5.97. The Kier molecular flexibility index (Phi) is 3.94. The van der Waals surface area contributed by atoms with E-state index in [9.17, 15) is 9.59 Å². The van der Waals surface area contributed by atoms with Crippen molar-refractivity contribution in [3.05, 3.63) is 18.2 Å². The fraction of sp³-hybridized carbons (Fsp3) is 0.667. The Morgan fingerprint density at radius 2 is 2.24 bits per heavy atom. The van der Waals surface area contributed by atoms with Gasteiger partial charge in [0.15, 0.2) is 0 Å². The molecule has 1 spiro atoms.